The first-order chi connectivity index (χ1) is 13.9. The molecule has 0 radical (unpaired) electrons. The van der Waals surface area contributed by atoms with Crippen LogP contribution < -0.4 is 14.8 Å². The molecule has 3 rings (SSSR count). The maximum atomic E-state index is 12.5. The predicted octanol–water partition coefficient (Wildman–Crippen LogP) is 4.09. The van der Waals surface area contributed by atoms with Gasteiger partial charge in [0.2, 0.25) is 0 Å². The van der Waals surface area contributed by atoms with E-state index in [4.69, 9.17) is 4.74 Å². The summed E-state index contributed by atoms with van der Waals surface area (Å²) in [5.74, 6) is 1.18. The number of aromatic nitrogens is 2. The first-order valence-corrected chi connectivity index (χ1v) is 8.97. The highest BCUT2D eigenvalue weighted by Gasteiger charge is 2.13. The summed E-state index contributed by atoms with van der Waals surface area (Å²) in [4.78, 5) is 16.7. The third kappa shape index (κ3) is 5.54. The molecule has 1 aromatic heterocycles. The molecule has 0 aliphatic carbocycles. The van der Waals surface area contributed by atoms with Crippen molar-refractivity contribution in [2.24, 2.45) is 7.05 Å². The van der Waals surface area contributed by atoms with Crippen LogP contribution in [0.1, 0.15) is 34.7 Å². The highest BCUT2D eigenvalue weighted by Crippen LogP contribution is 2.21. The van der Waals surface area contributed by atoms with Crippen LogP contribution in [0.15, 0.2) is 60.9 Å². The van der Waals surface area contributed by atoms with Gasteiger partial charge in [-0.25, -0.2) is 4.98 Å². The maximum absolute atomic E-state index is 12.5. The molecular weight excluding hydrogens is 380 g/mol. The summed E-state index contributed by atoms with van der Waals surface area (Å²) in [7, 11) is 1.88. The van der Waals surface area contributed by atoms with Crippen molar-refractivity contribution in [2.75, 3.05) is 0 Å². The van der Waals surface area contributed by atoms with E-state index >= 15 is 0 Å². The van der Waals surface area contributed by atoms with Gasteiger partial charge in [-0.2, -0.15) is 8.78 Å². The van der Waals surface area contributed by atoms with Gasteiger partial charge in [-0.3, -0.25) is 4.79 Å². The molecule has 0 saturated carbocycles. The van der Waals surface area contributed by atoms with Crippen molar-refractivity contribution >= 4 is 5.91 Å². The Kier molecular flexibility index (Phi) is 6.43. The Labute approximate surface area is 167 Å². The van der Waals surface area contributed by atoms with E-state index in [1.54, 1.807) is 49.5 Å². The summed E-state index contributed by atoms with van der Waals surface area (Å²) in [6.45, 7) is -0.805. The minimum atomic E-state index is -2.90. The normalized spacial score (nSPS) is 11.9. The van der Waals surface area contributed by atoms with E-state index in [9.17, 15) is 13.6 Å². The van der Waals surface area contributed by atoms with Crippen LogP contribution in [0.3, 0.4) is 0 Å². The van der Waals surface area contributed by atoms with E-state index in [0.717, 1.165) is 5.82 Å². The van der Waals surface area contributed by atoms with Gasteiger partial charge in [0.15, 0.2) is 0 Å². The smallest absolute Gasteiger partial charge is 0.387 e. The Bertz CT molecular complexity index is 958. The summed E-state index contributed by atoms with van der Waals surface area (Å²) in [6, 6.07) is 12.6. The molecule has 0 aliphatic heterocycles. The molecule has 0 fully saturated rings. The quantitative estimate of drug-likeness (QED) is 0.617. The molecule has 1 N–H and O–H groups in total. The largest absolute Gasteiger partial charge is 0.486 e. The number of amides is 1. The topological polar surface area (TPSA) is 65.4 Å². The summed E-state index contributed by atoms with van der Waals surface area (Å²) in [6.07, 6.45) is 3.53. The number of carbonyl (C=O) groups excluding carboxylic acids is 1. The number of ether oxygens (including phenoxy) is 2. The Balaban J connectivity index is 1.58. The van der Waals surface area contributed by atoms with Gasteiger partial charge in [0, 0.05) is 25.0 Å². The van der Waals surface area contributed by atoms with Crippen LogP contribution in [0.25, 0.3) is 0 Å². The maximum Gasteiger partial charge on any atom is 0.387 e. The summed E-state index contributed by atoms with van der Waals surface area (Å²) < 4.78 is 36.7. The first kappa shape index (κ1) is 20.3. The first-order valence-electron chi connectivity index (χ1n) is 8.97. The Morgan fingerprint density at radius 3 is 2.59 bits per heavy atom. The number of alkyl halides is 2. The lowest BCUT2D eigenvalue weighted by Gasteiger charge is -2.16. The molecule has 29 heavy (non-hydrogen) atoms. The van der Waals surface area contributed by atoms with Crippen LogP contribution in [-0.4, -0.2) is 22.1 Å². The van der Waals surface area contributed by atoms with Crippen LogP contribution in [-0.2, 0) is 13.7 Å². The Morgan fingerprint density at radius 1 is 1.17 bits per heavy atom. The second-order valence-corrected chi connectivity index (χ2v) is 6.41. The zero-order valence-electron chi connectivity index (χ0n) is 16.0. The molecule has 3 aromatic rings. The average Bonchev–Trinajstić information content (AvgIpc) is 3.11. The van der Waals surface area contributed by atoms with Gasteiger partial charge >= 0.3 is 6.61 Å². The summed E-state index contributed by atoms with van der Waals surface area (Å²) in [5, 5.41) is 2.84. The second kappa shape index (κ2) is 9.18. The fourth-order valence-electron chi connectivity index (χ4n) is 2.71. The lowest BCUT2D eigenvalue weighted by molar-refractivity contribution is -0.0499. The van der Waals surface area contributed by atoms with E-state index in [-0.39, 0.29) is 17.7 Å². The highest BCUT2D eigenvalue weighted by atomic mass is 19.3. The minimum Gasteiger partial charge on any atom is -0.486 e. The van der Waals surface area contributed by atoms with E-state index < -0.39 is 6.61 Å². The van der Waals surface area contributed by atoms with E-state index in [1.807, 2.05) is 17.8 Å². The van der Waals surface area contributed by atoms with Crippen LogP contribution in [0.5, 0.6) is 11.5 Å². The molecule has 0 saturated heterocycles. The minimum absolute atomic E-state index is 0.0489. The van der Waals surface area contributed by atoms with E-state index in [2.05, 4.69) is 15.0 Å². The SMILES string of the molecule is CC(NC(=O)c1ccc(OCc2nccn2C)cc1)c1cccc(OC(F)F)c1. The van der Waals surface area contributed by atoms with Crippen molar-refractivity contribution in [3.05, 3.63) is 77.9 Å². The number of hydrogen-bond acceptors (Lipinski definition) is 4. The molecule has 1 unspecified atom stereocenters. The molecule has 1 atom stereocenters. The van der Waals surface area contributed by atoms with Gasteiger partial charge in [-0.05, 0) is 48.9 Å². The number of nitrogens with zero attached hydrogens (tertiary/aromatic N) is 2. The molecule has 6 nitrogen and oxygen atoms in total. The van der Waals surface area contributed by atoms with Crippen molar-refractivity contribution < 1.29 is 23.0 Å². The van der Waals surface area contributed by atoms with Crippen molar-refractivity contribution in [1.29, 1.82) is 0 Å². The molecule has 2 aromatic carbocycles. The predicted molar refractivity (Wildman–Crippen MR) is 103 cm³/mol. The highest BCUT2D eigenvalue weighted by molar-refractivity contribution is 5.94. The average molecular weight is 401 g/mol. The van der Waals surface area contributed by atoms with E-state index in [1.165, 1.54) is 12.1 Å². The fourth-order valence-corrected chi connectivity index (χ4v) is 2.71. The number of halogens is 2. The van der Waals surface area contributed by atoms with Crippen LogP contribution >= 0.6 is 0 Å². The monoisotopic (exact) mass is 401 g/mol. The van der Waals surface area contributed by atoms with Gasteiger partial charge in [0.1, 0.15) is 23.9 Å². The molecule has 0 bridgehead atoms. The van der Waals surface area contributed by atoms with Crippen LogP contribution in [0.4, 0.5) is 8.78 Å². The van der Waals surface area contributed by atoms with Gasteiger partial charge in [0.25, 0.3) is 5.91 Å². The van der Waals surface area contributed by atoms with Gasteiger partial charge in [0.05, 0.1) is 6.04 Å². The number of rotatable bonds is 8. The van der Waals surface area contributed by atoms with Gasteiger partial charge in [-0.1, -0.05) is 12.1 Å². The third-order valence-corrected chi connectivity index (χ3v) is 4.34. The van der Waals surface area contributed by atoms with Crippen LogP contribution in [0.2, 0.25) is 0 Å². The van der Waals surface area contributed by atoms with Crippen molar-refractivity contribution in [1.82, 2.24) is 14.9 Å². The second-order valence-electron chi connectivity index (χ2n) is 6.41. The number of nitrogens with one attached hydrogen (secondary N) is 1. The summed E-state index contributed by atoms with van der Waals surface area (Å²) in [5.41, 5.74) is 1.12. The van der Waals surface area contributed by atoms with Crippen LogP contribution in [0, 0.1) is 0 Å². The van der Waals surface area contributed by atoms with Crippen molar-refractivity contribution in [3.8, 4) is 11.5 Å². The van der Waals surface area contributed by atoms with Crippen molar-refractivity contribution in [2.45, 2.75) is 26.2 Å². The molecule has 0 aliphatic rings. The third-order valence-electron chi connectivity index (χ3n) is 4.34. The standard InChI is InChI=1S/C21H21F2N3O3/c1-14(16-4-3-5-18(12-16)29-21(22)23)25-20(27)15-6-8-17(9-7-15)28-13-19-24-10-11-26(19)2/h3-12,14,21H,13H2,1-2H3,(H,25,27). The number of hydrogen-bond donors (Lipinski definition) is 1. The molecule has 8 heteroatoms. The Hall–Kier alpha value is -3.42. The molecule has 152 valence electrons. The number of carbonyl (C=O) groups is 1. The zero-order chi connectivity index (χ0) is 20.8. The van der Waals surface area contributed by atoms with Gasteiger partial charge < -0.3 is 19.4 Å². The Morgan fingerprint density at radius 2 is 1.93 bits per heavy atom. The number of benzene rings is 2. The lowest BCUT2D eigenvalue weighted by Crippen LogP contribution is -2.26. The van der Waals surface area contributed by atoms with E-state index in [0.29, 0.717) is 23.5 Å². The molecule has 1 heterocycles. The fraction of sp³-hybridized carbons (Fsp3) is 0.238. The molecule has 0 spiro atoms. The lowest BCUT2D eigenvalue weighted by atomic mass is 10.1. The van der Waals surface area contributed by atoms with Crippen molar-refractivity contribution in [3.63, 3.8) is 0 Å². The number of imidazole rings is 1. The zero-order valence-corrected chi connectivity index (χ0v) is 16.0. The number of aryl methyl sites for hydroxylation is 1. The molecule has 1 amide bonds. The molecular formula is C21H21F2N3O3. The summed E-state index contributed by atoms with van der Waals surface area (Å²) >= 11 is 0. The van der Waals surface area contributed by atoms with Gasteiger partial charge in [-0.15, -0.1) is 0 Å².